The highest BCUT2D eigenvalue weighted by Crippen LogP contribution is 2.46. The van der Waals surface area contributed by atoms with E-state index in [0.29, 0.717) is 5.56 Å². The maximum atomic E-state index is 9.74. The lowest BCUT2D eigenvalue weighted by molar-refractivity contribution is 1.17. The van der Waals surface area contributed by atoms with Crippen LogP contribution in [0, 0.1) is 11.3 Å². The van der Waals surface area contributed by atoms with Gasteiger partial charge in [0.15, 0.2) is 0 Å². The van der Waals surface area contributed by atoms with Gasteiger partial charge < -0.3 is 13.7 Å². The number of fused-ring (bicyclic) bond motifs is 11. The summed E-state index contributed by atoms with van der Waals surface area (Å²) in [5, 5.41) is 17.0. The molecular weight excluding hydrogens is 573 g/mol. The summed E-state index contributed by atoms with van der Waals surface area (Å²) in [5.41, 5.74) is 10.8. The first-order valence-electron chi connectivity index (χ1n) is 15.9. The molecule has 0 aliphatic heterocycles. The molecule has 0 bridgehead atoms. The average molecular weight is 599 g/mol. The molecule has 0 saturated carbocycles. The second-order valence-electron chi connectivity index (χ2n) is 12.1. The summed E-state index contributed by atoms with van der Waals surface area (Å²) in [6.07, 6.45) is 0. The van der Waals surface area contributed by atoms with E-state index in [0.717, 1.165) is 28.1 Å². The number of aromatic nitrogens is 3. The lowest BCUT2D eigenvalue weighted by Crippen LogP contribution is -1.96. The Labute approximate surface area is 270 Å². The lowest BCUT2D eigenvalue weighted by atomic mass is 10.1. The van der Waals surface area contributed by atoms with E-state index in [1.165, 1.54) is 54.4 Å². The van der Waals surface area contributed by atoms with Crippen LogP contribution in [0.25, 0.3) is 82.5 Å². The van der Waals surface area contributed by atoms with E-state index >= 15 is 0 Å². The molecule has 4 nitrogen and oxygen atoms in total. The fourth-order valence-corrected chi connectivity index (χ4v) is 7.78. The Morgan fingerprint density at radius 3 is 1.38 bits per heavy atom. The molecule has 0 unspecified atom stereocenters. The molecule has 0 aliphatic carbocycles. The summed E-state index contributed by atoms with van der Waals surface area (Å²) in [4.78, 5) is 0. The minimum atomic E-state index is 0.644. The summed E-state index contributed by atoms with van der Waals surface area (Å²) in [5.74, 6) is 0. The Hall–Kier alpha value is -6.57. The van der Waals surface area contributed by atoms with Gasteiger partial charge >= 0.3 is 0 Å². The van der Waals surface area contributed by atoms with Gasteiger partial charge in [-0.3, -0.25) is 0 Å². The Morgan fingerprint density at radius 1 is 0.362 bits per heavy atom. The quantitative estimate of drug-likeness (QED) is 0.199. The molecule has 10 aromatic rings. The predicted molar refractivity (Wildman–Crippen MR) is 194 cm³/mol. The van der Waals surface area contributed by atoms with E-state index in [1.54, 1.807) is 0 Å². The monoisotopic (exact) mass is 598 g/mol. The molecule has 47 heavy (non-hydrogen) atoms. The van der Waals surface area contributed by atoms with E-state index in [4.69, 9.17) is 0 Å². The molecule has 0 amide bonds. The van der Waals surface area contributed by atoms with Crippen LogP contribution in [-0.4, -0.2) is 13.7 Å². The van der Waals surface area contributed by atoms with Gasteiger partial charge in [-0.1, -0.05) is 91.0 Å². The third kappa shape index (κ3) is 3.51. The maximum absolute atomic E-state index is 9.74. The first-order chi connectivity index (χ1) is 23.3. The third-order valence-electron chi connectivity index (χ3n) is 9.62. The maximum Gasteiger partial charge on any atom is 0.0992 e. The van der Waals surface area contributed by atoms with Crippen LogP contribution in [0.1, 0.15) is 5.56 Å². The number of rotatable bonds is 3. The van der Waals surface area contributed by atoms with Crippen molar-refractivity contribution in [1.29, 1.82) is 5.26 Å². The number of hydrogen-bond donors (Lipinski definition) is 0. The fraction of sp³-hybridized carbons (Fsp3) is 0. The van der Waals surface area contributed by atoms with Gasteiger partial charge in [-0.15, -0.1) is 0 Å². The van der Waals surface area contributed by atoms with Gasteiger partial charge in [-0.05, 0) is 66.7 Å². The standard InChI is InChI=1S/C43H26N4/c44-27-28-12-11-17-31(26-28)46-37-21-10-8-19-35(37)41-39(46)25-23-33-32-22-24-38-40(42(32)47(43(33)41)30-15-5-2-6-16-30)34-18-7-9-20-36(34)45(38)29-13-3-1-4-14-29/h1-26H. The van der Waals surface area contributed by atoms with Gasteiger partial charge in [0.05, 0.1) is 44.7 Å². The van der Waals surface area contributed by atoms with Crippen LogP contribution < -0.4 is 0 Å². The molecule has 0 radical (unpaired) electrons. The summed E-state index contributed by atoms with van der Waals surface area (Å²) in [7, 11) is 0. The number of nitriles is 1. The van der Waals surface area contributed by atoms with Crippen LogP contribution in [0.4, 0.5) is 0 Å². The molecule has 7 aromatic carbocycles. The molecule has 218 valence electrons. The van der Waals surface area contributed by atoms with Crippen LogP contribution in [0.3, 0.4) is 0 Å². The molecule has 0 atom stereocenters. The van der Waals surface area contributed by atoms with E-state index < -0.39 is 0 Å². The topological polar surface area (TPSA) is 38.6 Å². The Kier molecular flexibility index (Phi) is 5.32. The molecule has 3 heterocycles. The van der Waals surface area contributed by atoms with Crippen LogP contribution in [0.5, 0.6) is 0 Å². The highest BCUT2D eigenvalue weighted by Gasteiger charge is 2.24. The van der Waals surface area contributed by atoms with Gasteiger partial charge in [0.25, 0.3) is 0 Å². The van der Waals surface area contributed by atoms with E-state index in [-0.39, 0.29) is 0 Å². The van der Waals surface area contributed by atoms with Gasteiger partial charge in [0.1, 0.15) is 0 Å². The number of nitrogens with zero attached hydrogens (tertiary/aromatic N) is 4. The van der Waals surface area contributed by atoms with Crippen molar-refractivity contribution in [2.24, 2.45) is 0 Å². The normalized spacial score (nSPS) is 11.8. The van der Waals surface area contributed by atoms with Crippen LogP contribution in [0.15, 0.2) is 158 Å². The molecule has 4 heteroatoms. The van der Waals surface area contributed by atoms with Gasteiger partial charge in [0.2, 0.25) is 0 Å². The van der Waals surface area contributed by atoms with Crippen molar-refractivity contribution in [3.63, 3.8) is 0 Å². The summed E-state index contributed by atoms with van der Waals surface area (Å²) < 4.78 is 7.18. The van der Waals surface area contributed by atoms with Crippen molar-refractivity contribution in [3.05, 3.63) is 163 Å². The molecule has 3 aromatic heterocycles. The molecule has 10 rings (SSSR count). The second-order valence-corrected chi connectivity index (χ2v) is 12.1. The van der Waals surface area contributed by atoms with Crippen LogP contribution in [0.2, 0.25) is 0 Å². The molecule has 0 N–H and O–H groups in total. The van der Waals surface area contributed by atoms with E-state index in [2.05, 4.69) is 159 Å². The van der Waals surface area contributed by atoms with E-state index in [9.17, 15) is 5.26 Å². The second kappa shape index (κ2) is 9.71. The van der Waals surface area contributed by atoms with Gasteiger partial charge in [0, 0.05) is 49.4 Å². The van der Waals surface area contributed by atoms with Crippen molar-refractivity contribution in [3.8, 4) is 23.1 Å². The molecule has 0 fully saturated rings. The van der Waals surface area contributed by atoms with Crippen LogP contribution in [-0.2, 0) is 0 Å². The van der Waals surface area contributed by atoms with E-state index in [1.807, 2.05) is 18.2 Å². The first-order valence-corrected chi connectivity index (χ1v) is 15.9. The Morgan fingerprint density at radius 2 is 0.830 bits per heavy atom. The van der Waals surface area contributed by atoms with Crippen molar-refractivity contribution < 1.29 is 0 Å². The molecule has 0 spiro atoms. The molecular formula is C43H26N4. The van der Waals surface area contributed by atoms with Crippen molar-refractivity contribution in [2.75, 3.05) is 0 Å². The van der Waals surface area contributed by atoms with Crippen molar-refractivity contribution in [1.82, 2.24) is 13.7 Å². The Balaban J connectivity index is 1.46. The largest absolute Gasteiger partial charge is 0.309 e. The van der Waals surface area contributed by atoms with Gasteiger partial charge in [-0.2, -0.15) is 5.26 Å². The Bertz CT molecular complexity index is 2900. The summed E-state index contributed by atoms with van der Waals surface area (Å²) >= 11 is 0. The van der Waals surface area contributed by atoms with Crippen molar-refractivity contribution in [2.45, 2.75) is 0 Å². The highest BCUT2D eigenvalue weighted by atomic mass is 15.0. The zero-order valence-electron chi connectivity index (χ0n) is 25.3. The number of para-hydroxylation sites is 4. The zero-order chi connectivity index (χ0) is 31.1. The SMILES string of the molecule is N#Cc1cccc(-n2c3ccccc3c3c2ccc2c4ccc5c(c6ccccc6n5-c5ccccc5)c4n(-c4ccccc4)c23)c1. The molecule has 0 aliphatic rings. The minimum absolute atomic E-state index is 0.644. The summed E-state index contributed by atoms with van der Waals surface area (Å²) in [6, 6.07) is 58.1. The molecule has 0 saturated heterocycles. The first kappa shape index (κ1) is 25.7. The highest BCUT2D eigenvalue weighted by molar-refractivity contribution is 6.31. The lowest BCUT2D eigenvalue weighted by Gasteiger charge is -2.11. The smallest absolute Gasteiger partial charge is 0.0992 e. The third-order valence-corrected chi connectivity index (χ3v) is 9.62. The van der Waals surface area contributed by atoms with Crippen LogP contribution >= 0.6 is 0 Å². The van der Waals surface area contributed by atoms with Crippen molar-refractivity contribution >= 4 is 65.4 Å². The fourth-order valence-electron chi connectivity index (χ4n) is 7.78. The zero-order valence-corrected chi connectivity index (χ0v) is 25.3. The average Bonchev–Trinajstić information content (AvgIpc) is 3.78. The number of hydrogen-bond acceptors (Lipinski definition) is 1. The predicted octanol–water partition coefficient (Wildman–Crippen LogP) is 10.8. The van der Waals surface area contributed by atoms with Gasteiger partial charge in [-0.25, -0.2) is 0 Å². The summed E-state index contributed by atoms with van der Waals surface area (Å²) in [6.45, 7) is 0. The number of benzene rings is 7. The minimum Gasteiger partial charge on any atom is -0.309 e.